The van der Waals surface area contributed by atoms with E-state index in [0.717, 1.165) is 0 Å². The number of carbonyl (C=O) groups is 1. The number of methoxy groups -OCH3 is 1. The van der Waals surface area contributed by atoms with Crippen LogP contribution in [0.3, 0.4) is 0 Å². The summed E-state index contributed by atoms with van der Waals surface area (Å²) < 4.78 is 38.6. The summed E-state index contributed by atoms with van der Waals surface area (Å²) in [6.07, 6.45) is -1.77. The summed E-state index contributed by atoms with van der Waals surface area (Å²) in [5, 5.41) is 0. The molecule has 0 unspecified atom stereocenters. The van der Waals surface area contributed by atoms with Crippen molar-refractivity contribution in [2.45, 2.75) is 25.4 Å². The van der Waals surface area contributed by atoms with Crippen LogP contribution in [-0.2, 0) is 22.6 Å². The Kier molecular flexibility index (Phi) is 5.55. The van der Waals surface area contributed by atoms with E-state index in [4.69, 9.17) is 9.47 Å². The van der Waals surface area contributed by atoms with Crippen LogP contribution in [0.15, 0.2) is 42.5 Å². The highest BCUT2D eigenvalue weighted by atomic mass is 19.1. The molecule has 8 heteroatoms. The number of aromatic amines is 1. The molecule has 0 radical (unpaired) electrons. The number of benzene rings is 2. The number of imidazole rings is 1. The van der Waals surface area contributed by atoms with Crippen LogP contribution in [0.4, 0.5) is 8.78 Å². The first-order valence-corrected chi connectivity index (χ1v) is 9.32. The molecule has 1 saturated heterocycles. The molecule has 0 amide bonds. The number of ether oxygens (including phenoxy) is 2. The van der Waals surface area contributed by atoms with Gasteiger partial charge in [0.1, 0.15) is 30.5 Å². The van der Waals surface area contributed by atoms with E-state index in [0.29, 0.717) is 41.1 Å². The number of H-pyrrole nitrogens is 1. The lowest BCUT2D eigenvalue weighted by Crippen LogP contribution is -2.24. The highest BCUT2D eigenvalue weighted by Crippen LogP contribution is 2.22. The van der Waals surface area contributed by atoms with Gasteiger partial charge in [-0.1, -0.05) is 18.2 Å². The summed E-state index contributed by atoms with van der Waals surface area (Å²) in [5.74, 6) is -0.178. The van der Waals surface area contributed by atoms with Gasteiger partial charge in [0.15, 0.2) is 0 Å². The number of halogens is 2. The Morgan fingerprint density at radius 1 is 1.28 bits per heavy atom. The summed E-state index contributed by atoms with van der Waals surface area (Å²) >= 11 is 0. The number of likely N-dealkylation sites (tertiary alicyclic amines) is 1. The minimum Gasteiger partial charge on any atom is -0.465 e. The van der Waals surface area contributed by atoms with E-state index >= 15 is 0 Å². The van der Waals surface area contributed by atoms with Crippen LogP contribution in [0.5, 0.6) is 0 Å². The fourth-order valence-corrected chi connectivity index (χ4v) is 3.52. The number of hydrogen-bond donors (Lipinski definition) is 1. The van der Waals surface area contributed by atoms with E-state index in [2.05, 4.69) is 9.97 Å². The number of rotatable bonds is 6. The molecule has 152 valence electrons. The Balaban J connectivity index is 1.37. The Hall–Kier alpha value is -2.84. The van der Waals surface area contributed by atoms with Gasteiger partial charge in [0, 0.05) is 25.2 Å². The van der Waals surface area contributed by atoms with Gasteiger partial charge in [-0.05, 0) is 24.3 Å². The van der Waals surface area contributed by atoms with Gasteiger partial charge in [-0.3, -0.25) is 4.90 Å². The lowest BCUT2D eigenvalue weighted by molar-refractivity contribution is 0.00862. The zero-order chi connectivity index (χ0) is 20.4. The van der Waals surface area contributed by atoms with Gasteiger partial charge >= 0.3 is 5.97 Å². The fourth-order valence-electron chi connectivity index (χ4n) is 3.52. The van der Waals surface area contributed by atoms with Gasteiger partial charge in [-0.2, -0.15) is 0 Å². The van der Waals surface area contributed by atoms with Crippen molar-refractivity contribution >= 4 is 17.0 Å². The maximum absolute atomic E-state index is 14.4. The molecule has 3 aromatic rings. The van der Waals surface area contributed by atoms with Crippen LogP contribution in [0.25, 0.3) is 11.0 Å². The molecule has 2 atom stereocenters. The molecule has 4 rings (SSSR count). The van der Waals surface area contributed by atoms with E-state index in [9.17, 15) is 13.6 Å². The molecule has 1 N–H and O–H groups in total. The maximum Gasteiger partial charge on any atom is 0.337 e. The molecule has 29 heavy (non-hydrogen) atoms. The number of carbonyl (C=O) groups excluding carboxylic acids is 1. The first-order valence-electron chi connectivity index (χ1n) is 9.32. The zero-order valence-corrected chi connectivity index (χ0v) is 15.9. The second-order valence-electron chi connectivity index (χ2n) is 7.06. The molecule has 0 aliphatic carbocycles. The average Bonchev–Trinajstić information content (AvgIpc) is 3.29. The second-order valence-corrected chi connectivity index (χ2v) is 7.06. The number of nitrogens with zero attached hydrogens (tertiary/aromatic N) is 2. The smallest absolute Gasteiger partial charge is 0.337 e. The molecule has 1 aromatic heterocycles. The van der Waals surface area contributed by atoms with Crippen molar-refractivity contribution < 1.29 is 23.0 Å². The Morgan fingerprint density at radius 3 is 2.90 bits per heavy atom. The van der Waals surface area contributed by atoms with Gasteiger partial charge in [-0.15, -0.1) is 0 Å². The Morgan fingerprint density at radius 2 is 2.10 bits per heavy atom. The van der Waals surface area contributed by atoms with Crippen molar-refractivity contribution in [1.29, 1.82) is 0 Å². The molecule has 1 aliphatic heterocycles. The standard InChI is InChI=1S/C21H21F2N3O3/c1-28-21(27)13-6-7-17-18(8-13)25-20(24-17)12-29-19-11-26(10-16(19)23)9-14-4-2-3-5-15(14)22/h2-8,16,19H,9-12H2,1H3,(H,24,25)/t16-,19+/m1/s1. The van der Waals surface area contributed by atoms with Gasteiger partial charge in [0.2, 0.25) is 0 Å². The number of esters is 1. The summed E-state index contributed by atoms with van der Waals surface area (Å²) in [5.41, 5.74) is 2.31. The normalized spacial score (nSPS) is 19.7. The SMILES string of the molecule is COC(=O)c1ccc2nc(CO[C@H]3CN(Cc4ccccc4F)C[C@H]3F)[nH]c2c1. The molecule has 1 aliphatic rings. The van der Waals surface area contributed by atoms with Crippen LogP contribution in [0.1, 0.15) is 21.7 Å². The quantitative estimate of drug-likeness (QED) is 0.643. The van der Waals surface area contributed by atoms with Crippen molar-refractivity contribution in [1.82, 2.24) is 14.9 Å². The molecule has 2 aromatic carbocycles. The van der Waals surface area contributed by atoms with Crippen molar-refractivity contribution in [3.63, 3.8) is 0 Å². The maximum atomic E-state index is 14.4. The predicted molar refractivity (Wildman–Crippen MR) is 103 cm³/mol. The number of alkyl halides is 1. The molecule has 0 saturated carbocycles. The Bertz CT molecular complexity index is 1020. The minimum atomic E-state index is -1.16. The average molecular weight is 401 g/mol. The molecule has 0 spiro atoms. The monoisotopic (exact) mass is 401 g/mol. The van der Waals surface area contributed by atoms with Crippen LogP contribution in [-0.4, -0.2) is 53.3 Å². The lowest BCUT2D eigenvalue weighted by atomic mass is 10.2. The topological polar surface area (TPSA) is 67.5 Å². The van der Waals surface area contributed by atoms with E-state index in [1.54, 1.807) is 36.4 Å². The number of aromatic nitrogens is 2. The van der Waals surface area contributed by atoms with Crippen molar-refractivity contribution in [2.24, 2.45) is 0 Å². The van der Waals surface area contributed by atoms with Crippen molar-refractivity contribution in [2.75, 3.05) is 20.2 Å². The highest BCUT2D eigenvalue weighted by Gasteiger charge is 2.34. The number of fused-ring (bicyclic) bond motifs is 1. The molecule has 0 bridgehead atoms. The van der Waals surface area contributed by atoms with Crippen molar-refractivity contribution in [3.8, 4) is 0 Å². The molecule has 2 heterocycles. The van der Waals surface area contributed by atoms with Gasteiger partial charge in [0.25, 0.3) is 0 Å². The third kappa shape index (κ3) is 4.28. The Labute approximate surface area is 166 Å². The van der Waals surface area contributed by atoms with E-state index in [1.165, 1.54) is 13.2 Å². The lowest BCUT2D eigenvalue weighted by Gasteiger charge is -2.16. The number of hydrogen-bond acceptors (Lipinski definition) is 5. The summed E-state index contributed by atoms with van der Waals surface area (Å²) in [7, 11) is 1.32. The van der Waals surface area contributed by atoms with Gasteiger partial charge < -0.3 is 14.5 Å². The highest BCUT2D eigenvalue weighted by molar-refractivity contribution is 5.93. The predicted octanol–water partition coefficient (Wildman–Crippen LogP) is 3.23. The van der Waals surface area contributed by atoms with E-state index in [1.807, 2.05) is 4.90 Å². The number of nitrogens with one attached hydrogen (secondary N) is 1. The summed E-state index contributed by atoms with van der Waals surface area (Å²) in [4.78, 5) is 21.0. The van der Waals surface area contributed by atoms with Crippen LogP contribution >= 0.6 is 0 Å². The van der Waals surface area contributed by atoms with Crippen LogP contribution < -0.4 is 0 Å². The fraction of sp³-hybridized carbons (Fsp3) is 0.333. The van der Waals surface area contributed by atoms with Crippen LogP contribution in [0.2, 0.25) is 0 Å². The first-order chi connectivity index (χ1) is 14.0. The largest absolute Gasteiger partial charge is 0.465 e. The van der Waals surface area contributed by atoms with E-state index < -0.39 is 18.2 Å². The zero-order valence-electron chi connectivity index (χ0n) is 15.9. The van der Waals surface area contributed by atoms with Crippen LogP contribution in [0, 0.1) is 5.82 Å². The third-order valence-corrected chi connectivity index (χ3v) is 5.01. The molecular formula is C21H21F2N3O3. The van der Waals surface area contributed by atoms with E-state index in [-0.39, 0.29) is 19.0 Å². The molecule has 1 fully saturated rings. The third-order valence-electron chi connectivity index (χ3n) is 5.01. The molecule has 6 nitrogen and oxygen atoms in total. The van der Waals surface area contributed by atoms with Gasteiger partial charge in [-0.25, -0.2) is 18.6 Å². The summed E-state index contributed by atoms with van der Waals surface area (Å²) in [6.45, 7) is 1.03. The first kappa shape index (κ1) is 19.5. The van der Waals surface area contributed by atoms with Crippen molar-refractivity contribution in [3.05, 3.63) is 65.2 Å². The van der Waals surface area contributed by atoms with Gasteiger partial charge in [0.05, 0.1) is 23.7 Å². The summed E-state index contributed by atoms with van der Waals surface area (Å²) in [6, 6.07) is 11.5. The molecular weight excluding hydrogens is 380 g/mol. The second kappa shape index (κ2) is 8.26. The minimum absolute atomic E-state index is 0.112.